The summed E-state index contributed by atoms with van der Waals surface area (Å²) in [5.41, 5.74) is 7.48. The fourth-order valence-electron chi connectivity index (χ4n) is 2.00. The second-order valence-corrected chi connectivity index (χ2v) is 4.63. The monoisotopic (exact) mass is 268 g/mol. The van der Waals surface area contributed by atoms with E-state index in [-0.39, 0.29) is 17.6 Å². The molecule has 0 aliphatic rings. The lowest BCUT2D eigenvalue weighted by Gasteiger charge is -2.16. The third-order valence-electron chi connectivity index (χ3n) is 2.94. The van der Waals surface area contributed by atoms with Crippen LogP contribution in [-0.4, -0.2) is 35.9 Å². The van der Waals surface area contributed by atoms with Crippen molar-refractivity contribution in [2.45, 2.75) is 45.6 Å². The summed E-state index contributed by atoms with van der Waals surface area (Å²) in [6.45, 7) is 4.61. The van der Waals surface area contributed by atoms with Gasteiger partial charge in [-0.05, 0) is 12.8 Å². The van der Waals surface area contributed by atoms with Crippen LogP contribution in [0, 0.1) is 0 Å². The van der Waals surface area contributed by atoms with E-state index in [1.165, 1.54) is 0 Å². The molecule has 1 aromatic rings. The number of aromatic amines is 1. The maximum absolute atomic E-state index is 12.1. The Morgan fingerprint density at radius 3 is 2.79 bits per heavy atom. The summed E-state index contributed by atoms with van der Waals surface area (Å²) in [7, 11) is 1.62. The Kier molecular flexibility index (Phi) is 6.35. The minimum Gasteiger partial charge on any atom is -0.395 e. The zero-order chi connectivity index (χ0) is 14.3. The van der Waals surface area contributed by atoms with E-state index in [2.05, 4.69) is 29.4 Å². The van der Waals surface area contributed by atoms with E-state index < -0.39 is 0 Å². The number of carbonyl (C=O) groups is 1. The molecule has 1 amide bonds. The van der Waals surface area contributed by atoms with E-state index >= 15 is 0 Å². The van der Waals surface area contributed by atoms with Crippen molar-refractivity contribution in [3.63, 3.8) is 0 Å². The van der Waals surface area contributed by atoms with Gasteiger partial charge in [-0.2, -0.15) is 5.10 Å². The molecular weight excluding hydrogens is 244 g/mol. The molecular formula is C13H24N4O2. The second kappa shape index (κ2) is 7.78. The van der Waals surface area contributed by atoms with Gasteiger partial charge in [0.25, 0.3) is 5.91 Å². The number of ether oxygens (including phenoxy) is 1. The first-order valence-electron chi connectivity index (χ1n) is 6.76. The van der Waals surface area contributed by atoms with Gasteiger partial charge in [-0.25, -0.2) is 0 Å². The Hall–Kier alpha value is -1.56. The van der Waals surface area contributed by atoms with E-state index in [0.29, 0.717) is 12.3 Å². The molecule has 0 aromatic carbocycles. The molecule has 0 saturated heterocycles. The van der Waals surface area contributed by atoms with Crippen LogP contribution in [0.25, 0.3) is 0 Å². The second-order valence-electron chi connectivity index (χ2n) is 4.63. The highest BCUT2D eigenvalue weighted by molar-refractivity contribution is 5.97. The number of amides is 1. The Balaban J connectivity index is 2.71. The number of hydrogen-bond donors (Lipinski definition) is 3. The molecule has 0 fully saturated rings. The number of methoxy groups -OCH3 is 1. The lowest BCUT2D eigenvalue weighted by atomic mass is 10.1. The zero-order valence-corrected chi connectivity index (χ0v) is 12.0. The first-order valence-corrected chi connectivity index (χ1v) is 6.76. The molecule has 6 nitrogen and oxygen atoms in total. The maximum Gasteiger partial charge on any atom is 0.274 e. The van der Waals surface area contributed by atoms with Gasteiger partial charge in [0.2, 0.25) is 0 Å². The van der Waals surface area contributed by atoms with Crippen molar-refractivity contribution in [1.82, 2.24) is 15.5 Å². The van der Waals surface area contributed by atoms with Gasteiger partial charge in [0.15, 0.2) is 5.69 Å². The molecule has 4 N–H and O–H groups in total. The van der Waals surface area contributed by atoms with Gasteiger partial charge in [-0.3, -0.25) is 9.89 Å². The van der Waals surface area contributed by atoms with Crippen LogP contribution in [0.3, 0.4) is 0 Å². The molecule has 1 aromatic heterocycles. The molecule has 0 bridgehead atoms. The van der Waals surface area contributed by atoms with Crippen molar-refractivity contribution in [3.05, 3.63) is 11.4 Å². The molecule has 0 aliphatic heterocycles. The Morgan fingerprint density at radius 1 is 1.47 bits per heavy atom. The highest BCUT2D eigenvalue weighted by Gasteiger charge is 2.19. The van der Waals surface area contributed by atoms with E-state index in [0.717, 1.165) is 31.4 Å². The molecule has 1 atom stereocenters. The quantitative estimate of drug-likeness (QED) is 0.666. The minimum absolute atomic E-state index is 0.00627. The molecule has 0 saturated carbocycles. The van der Waals surface area contributed by atoms with Crippen molar-refractivity contribution >= 4 is 11.6 Å². The van der Waals surface area contributed by atoms with Gasteiger partial charge in [-0.1, -0.05) is 26.7 Å². The third kappa shape index (κ3) is 4.24. The Morgan fingerprint density at radius 2 is 2.21 bits per heavy atom. The van der Waals surface area contributed by atoms with Gasteiger partial charge in [0.1, 0.15) is 0 Å². The average Bonchev–Trinajstić information content (AvgIpc) is 2.72. The molecule has 6 heteroatoms. The highest BCUT2D eigenvalue weighted by Crippen LogP contribution is 2.15. The van der Waals surface area contributed by atoms with Crippen LogP contribution in [-0.2, 0) is 11.2 Å². The fourth-order valence-corrected chi connectivity index (χ4v) is 2.00. The van der Waals surface area contributed by atoms with Crippen molar-refractivity contribution in [3.8, 4) is 0 Å². The topological polar surface area (TPSA) is 93.0 Å². The highest BCUT2D eigenvalue weighted by atomic mass is 16.5. The molecule has 1 unspecified atom stereocenters. The molecule has 108 valence electrons. The summed E-state index contributed by atoms with van der Waals surface area (Å²) >= 11 is 0. The predicted octanol–water partition coefficient (Wildman–Crippen LogP) is 1.49. The standard InChI is InChI=1S/C13H24N4O2/c1-4-6-9(8-19-3)15-13(18)12-11(14)10(7-5-2)16-17-12/h9H,4-8,14H2,1-3H3,(H,15,18)(H,16,17). The van der Waals surface area contributed by atoms with Crippen LogP contribution in [0.15, 0.2) is 0 Å². The van der Waals surface area contributed by atoms with Gasteiger partial charge in [0.05, 0.1) is 24.0 Å². The number of nitrogen functional groups attached to an aromatic ring is 1. The molecule has 1 rings (SSSR count). The van der Waals surface area contributed by atoms with Gasteiger partial charge < -0.3 is 15.8 Å². The number of hydrogen-bond acceptors (Lipinski definition) is 4. The van der Waals surface area contributed by atoms with E-state index in [4.69, 9.17) is 10.5 Å². The van der Waals surface area contributed by atoms with E-state index in [9.17, 15) is 4.79 Å². The van der Waals surface area contributed by atoms with Crippen molar-refractivity contribution < 1.29 is 9.53 Å². The SMILES string of the molecule is CCCc1[nH]nc(C(=O)NC(CCC)COC)c1N. The van der Waals surface area contributed by atoms with Crippen LogP contribution >= 0.6 is 0 Å². The van der Waals surface area contributed by atoms with Crippen molar-refractivity contribution in [1.29, 1.82) is 0 Å². The van der Waals surface area contributed by atoms with Gasteiger partial charge in [-0.15, -0.1) is 0 Å². The lowest BCUT2D eigenvalue weighted by molar-refractivity contribution is 0.0887. The number of aryl methyl sites for hydroxylation is 1. The molecule has 19 heavy (non-hydrogen) atoms. The molecule has 0 radical (unpaired) electrons. The van der Waals surface area contributed by atoms with E-state index in [1.807, 2.05) is 0 Å². The summed E-state index contributed by atoms with van der Waals surface area (Å²) in [6.07, 6.45) is 3.59. The third-order valence-corrected chi connectivity index (χ3v) is 2.94. The van der Waals surface area contributed by atoms with Gasteiger partial charge >= 0.3 is 0 Å². The fraction of sp³-hybridized carbons (Fsp3) is 0.692. The number of nitrogens with one attached hydrogen (secondary N) is 2. The van der Waals surface area contributed by atoms with Crippen LogP contribution < -0.4 is 11.1 Å². The van der Waals surface area contributed by atoms with Crippen LogP contribution in [0.4, 0.5) is 5.69 Å². The predicted molar refractivity (Wildman–Crippen MR) is 75.0 cm³/mol. The Bertz CT molecular complexity index is 397. The maximum atomic E-state index is 12.1. The number of rotatable bonds is 8. The van der Waals surface area contributed by atoms with Gasteiger partial charge in [0, 0.05) is 7.11 Å². The van der Waals surface area contributed by atoms with E-state index in [1.54, 1.807) is 7.11 Å². The minimum atomic E-state index is -0.244. The number of H-pyrrole nitrogens is 1. The summed E-state index contributed by atoms with van der Waals surface area (Å²) < 4.78 is 5.09. The Labute approximate surface area is 114 Å². The summed E-state index contributed by atoms with van der Waals surface area (Å²) in [5, 5.41) is 9.74. The smallest absolute Gasteiger partial charge is 0.274 e. The van der Waals surface area contributed by atoms with Crippen LogP contribution in [0.2, 0.25) is 0 Å². The van der Waals surface area contributed by atoms with Crippen molar-refractivity contribution in [2.24, 2.45) is 0 Å². The number of anilines is 1. The molecule has 1 heterocycles. The largest absolute Gasteiger partial charge is 0.395 e. The first-order chi connectivity index (χ1) is 9.13. The average molecular weight is 268 g/mol. The van der Waals surface area contributed by atoms with Crippen LogP contribution in [0.5, 0.6) is 0 Å². The number of carbonyl (C=O) groups excluding carboxylic acids is 1. The van der Waals surface area contributed by atoms with Crippen LogP contribution in [0.1, 0.15) is 49.3 Å². The molecule has 0 aliphatic carbocycles. The lowest BCUT2D eigenvalue weighted by Crippen LogP contribution is -2.38. The summed E-state index contributed by atoms with van der Waals surface area (Å²) in [6, 6.07) is -0.00627. The number of nitrogens with zero attached hydrogens (tertiary/aromatic N) is 1. The number of aromatic nitrogens is 2. The number of nitrogens with two attached hydrogens (primary N) is 1. The zero-order valence-electron chi connectivity index (χ0n) is 12.0. The summed E-state index contributed by atoms with van der Waals surface area (Å²) in [5.74, 6) is -0.244. The summed E-state index contributed by atoms with van der Waals surface area (Å²) in [4.78, 5) is 12.1. The molecule has 0 spiro atoms. The first kappa shape index (κ1) is 15.5. The van der Waals surface area contributed by atoms with Crippen molar-refractivity contribution in [2.75, 3.05) is 19.5 Å². The normalized spacial score (nSPS) is 12.4.